The fourth-order valence-electron chi connectivity index (χ4n) is 4.03. The summed E-state index contributed by atoms with van der Waals surface area (Å²) in [7, 11) is 1.77. The second-order valence-corrected chi connectivity index (χ2v) is 8.06. The van der Waals surface area contributed by atoms with Crippen molar-refractivity contribution in [2.45, 2.75) is 31.8 Å². The van der Waals surface area contributed by atoms with Gasteiger partial charge in [-0.25, -0.2) is 0 Å². The Labute approximate surface area is 217 Å². The Bertz CT molecular complexity index is 1010. The van der Waals surface area contributed by atoms with Crippen molar-refractivity contribution in [3.8, 4) is 0 Å². The van der Waals surface area contributed by atoms with Crippen LogP contribution < -0.4 is 16.0 Å². The summed E-state index contributed by atoms with van der Waals surface area (Å²) in [6.07, 6.45) is 6.96. The molecule has 34 heavy (non-hydrogen) atoms. The van der Waals surface area contributed by atoms with E-state index in [0.29, 0.717) is 18.8 Å². The fraction of sp³-hybridized carbons (Fsp3) is 0.360. The van der Waals surface area contributed by atoms with E-state index in [1.165, 1.54) is 25.5 Å². The Morgan fingerprint density at radius 2 is 1.74 bits per heavy atom. The number of nitrogens with zero attached hydrogens (tertiary/aromatic N) is 2. The lowest BCUT2D eigenvalue weighted by Crippen LogP contribution is -2.44. The molecular weight excluding hydrogens is 545 g/mol. The summed E-state index contributed by atoms with van der Waals surface area (Å²) >= 11 is 0. The zero-order valence-corrected chi connectivity index (χ0v) is 21.7. The highest BCUT2D eigenvalue weighted by Crippen LogP contribution is 2.24. The predicted molar refractivity (Wildman–Crippen MR) is 144 cm³/mol. The third-order valence-electron chi connectivity index (χ3n) is 5.81. The van der Waals surface area contributed by atoms with Crippen LogP contribution in [0, 0.1) is 0 Å². The van der Waals surface area contributed by atoms with Crippen molar-refractivity contribution in [3.05, 3.63) is 78.1 Å². The molecule has 182 valence electrons. The number of rotatable bonds is 8. The highest BCUT2D eigenvalue weighted by molar-refractivity contribution is 14.0. The first-order chi connectivity index (χ1) is 16.2. The van der Waals surface area contributed by atoms with Gasteiger partial charge >= 0.3 is 0 Å². The average Bonchev–Trinajstić information content (AvgIpc) is 3.58. The average molecular weight is 577 g/mol. The highest BCUT2D eigenvalue weighted by Gasteiger charge is 2.24. The largest absolute Gasteiger partial charge is 0.468 e. The number of piperidine rings is 1. The summed E-state index contributed by atoms with van der Waals surface area (Å²) < 4.78 is 10.8. The molecule has 2 aromatic heterocycles. The summed E-state index contributed by atoms with van der Waals surface area (Å²) in [5.41, 5.74) is 1.79. The first-order valence-corrected chi connectivity index (χ1v) is 11.4. The van der Waals surface area contributed by atoms with E-state index in [1.807, 2.05) is 36.4 Å². The lowest BCUT2D eigenvalue weighted by atomic mass is 10.1. The van der Waals surface area contributed by atoms with Crippen molar-refractivity contribution in [1.82, 2.24) is 15.5 Å². The molecule has 1 aliphatic rings. The number of halogens is 1. The van der Waals surface area contributed by atoms with Gasteiger partial charge in [0, 0.05) is 25.8 Å². The van der Waals surface area contributed by atoms with Gasteiger partial charge in [-0.2, -0.15) is 0 Å². The van der Waals surface area contributed by atoms with E-state index >= 15 is 0 Å². The number of aliphatic imine (C=N–C) groups is 1. The molecule has 4 rings (SSSR count). The maximum absolute atomic E-state index is 12.1. The summed E-state index contributed by atoms with van der Waals surface area (Å²) in [5, 5.41) is 9.63. The molecule has 1 amide bonds. The van der Waals surface area contributed by atoms with Crippen LogP contribution in [0.5, 0.6) is 0 Å². The maximum atomic E-state index is 12.1. The molecule has 1 aromatic carbocycles. The predicted octanol–water partition coefficient (Wildman–Crippen LogP) is 4.64. The smallest absolute Gasteiger partial charge is 0.291 e. The van der Waals surface area contributed by atoms with Crippen LogP contribution >= 0.6 is 24.0 Å². The Hall–Kier alpha value is -2.79. The minimum absolute atomic E-state index is 0. The van der Waals surface area contributed by atoms with Gasteiger partial charge < -0.3 is 24.8 Å². The zero-order chi connectivity index (χ0) is 22.9. The van der Waals surface area contributed by atoms with Gasteiger partial charge in [0.05, 0.1) is 18.6 Å². The number of guanidine groups is 1. The van der Waals surface area contributed by atoms with Crippen molar-refractivity contribution in [1.29, 1.82) is 0 Å². The van der Waals surface area contributed by atoms with Crippen LogP contribution in [-0.4, -0.2) is 43.4 Å². The van der Waals surface area contributed by atoms with Gasteiger partial charge in [-0.15, -0.1) is 24.0 Å². The van der Waals surface area contributed by atoms with Crippen LogP contribution in [0.2, 0.25) is 0 Å². The lowest BCUT2D eigenvalue weighted by Gasteiger charge is -2.33. The number of anilines is 1. The number of amides is 1. The molecule has 0 bridgehead atoms. The molecule has 9 heteroatoms. The van der Waals surface area contributed by atoms with Gasteiger partial charge in [-0.3, -0.25) is 14.7 Å². The summed E-state index contributed by atoms with van der Waals surface area (Å²) in [5.74, 6) is 1.73. The third-order valence-corrected chi connectivity index (χ3v) is 5.81. The summed E-state index contributed by atoms with van der Waals surface area (Å²) in [4.78, 5) is 18.9. The van der Waals surface area contributed by atoms with Gasteiger partial charge in [0.2, 0.25) is 0 Å². The molecular formula is C25H32IN5O3. The van der Waals surface area contributed by atoms with Crippen molar-refractivity contribution < 1.29 is 13.6 Å². The normalized spacial score (nSPS) is 15.3. The number of furan rings is 2. The van der Waals surface area contributed by atoms with E-state index in [2.05, 4.69) is 25.8 Å². The Morgan fingerprint density at radius 3 is 2.38 bits per heavy atom. The second kappa shape index (κ2) is 13.2. The van der Waals surface area contributed by atoms with Crippen molar-refractivity contribution in [2.75, 3.05) is 32.0 Å². The molecule has 0 spiro atoms. The topological polar surface area (TPSA) is 95.0 Å². The standard InChI is InChI=1S/C25H31N5O3.HI/c1-26-25(28-18-21(22-7-5-15-32-22)30-13-3-2-4-14-30)27-17-19-9-11-20(12-10-19)29-24(31)23-8-6-16-33-23;/h5-12,15-16,21H,2-4,13-14,17-18H2,1H3,(H,29,31)(H2,26,27,28);1H. The van der Waals surface area contributed by atoms with E-state index in [0.717, 1.165) is 30.4 Å². The van der Waals surface area contributed by atoms with E-state index in [1.54, 1.807) is 25.4 Å². The number of nitrogens with one attached hydrogen (secondary N) is 3. The number of carbonyl (C=O) groups is 1. The Balaban J connectivity index is 0.00000324. The van der Waals surface area contributed by atoms with Crippen molar-refractivity contribution in [3.63, 3.8) is 0 Å². The minimum Gasteiger partial charge on any atom is -0.468 e. The summed E-state index contributed by atoms with van der Waals surface area (Å²) in [6.45, 7) is 3.50. The third kappa shape index (κ3) is 7.10. The molecule has 0 saturated carbocycles. The first kappa shape index (κ1) is 25.8. The first-order valence-electron chi connectivity index (χ1n) is 11.4. The zero-order valence-electron chi connectivity index (χ0n) is 19.3. The number of benzene rings is 1. The second-order valence-electron chi connectivity index (χ2n) is 8.06. The number of hydrogen-bond donors (Lipinski definition) is 3. The van der Waals surface area contributed by atoms with Gasteiger partial charge in [0.15, 0.2) is 11.7 Å². The van der Waals surface area contributed by atoms with Crippen LogP contribution in [0.4, 0.5) is 5.69 Å². The molecule has 0 radical (unpaired) electrons. The van der Waals surface area contributed by atoms with E-state index in [4.69, 9.17) is 8.83 Å². The van der Waals surface area contributed by atoms with Crippen LogP contribution in [0.15, 0.2) is 74.9 Å². The Morgan fingerprint density at radius 1 is 1.00 bits per heavy atom. The van der Waals surface area contributed by atoms with E-state index < -0.39 is 0 Å². The molecule has 1 aliphatic heterocycles. The van der Waals surface area contributed by atoms with Crippen LogP contribution in [-0.2, 0) is 6.54 Å². The highest BCUT2D eigenvalue weighted by atomic mass is 127. The fourth-order valence-corrected chi connectivity index (χ4v) is 4.03. The van der Waals surface area contributed by atoms with Crippen LogP contribution in [0.3, 0.4) is 0 Å². The summed E-state index contributed by atoms with van der Waals surface area (Å²) in [6, 6.07) is 15.2. The lowest BCUT2D eigenvalue weighted by molar-refractivity contribution is 0.0996. The van der Waals surface area contributed by atoms with Gasteiger partial charge in [-0.05, 0) is 67.9 Å². The van der Waals surface area contributed by atoms with Gasteiger partial charge in [0.1, 0.15) is 5.76 Å². The molecule has 3 heterocycles. The quantitative estimate of drug-likeness (QED) is 0.205. The van der Waals surface area contributed by atoms with Crippen LogP contribution in [0.25, 0.3) is 0 Å². The SMILES string of the molecule is CN=C(NCc1ccc(NC(=O)c2ccco2)cc1)NCC(c1ccco1)N1CCCCC1.I. The molecule has 8 nitrogen and oxygen atoms in total. The minimum atomic E-state index is -0.268. The molecule has 1 atom stereocenters. The van der Waals surface area contributed by atoms with Crippen molar-refractivity contribution in [2.24, 2.45) is 4.99 Å². The van der Waals surface area contributed by atoms with E-state index in [9.17, 15) is 4.79 Å². The molecule has 1 saturated heterocycles. The number of hydrogen-bond acceptors (Lipinski definition) is 5. The van der Waals surface area contributed by atoms with Gasteiger partial charge in [-0.1, -0.05) is 18.6 Å². The molecule has 0 aliphatic carbocycles. The number of likely N-dealkylation sites (tertiary alicyclic amines) is 1. The van der Waals surface area contributed by atoms with E-state index in [-0.39, 0.29) is 41.7 Å². The number of carbonyl (C=O) groups excluding carboxylic acids is 1. The maximum Gasteiger partial charge on any atom is 0.291 e. The van der Waals surface area contributed by atoms with Crippen molar-refractivity contribution >= 4 is 41.5 Å². The van der Waals surface area contributed by atoms with Gasteiger partial charge in [0.25, 0.3) is 5.91 Å². The molecule has 1 unspecified atom stereocenters. The monoisotopic (exact) mass is 577 g/mol. The molecule has 1 fully saturated rings. The Kier molecular flexibility index (Phi) is 10.0. The molecule has 3 aromatic rings. The van der Waals surface area contributed by atoms with Crippen LogP contribution in [0.1, 0.15) is 47.2 Å². The molecule has 3 N–H and O–H groups in total.